The van der Waals surface area contributed by atoms with Gasteiger partial charge in [-0.05, 0) is 55.5 Å². The molecule has 1 atom stereocenters. The molecule has 0 bridgehead atoms. The first kappa shape index (κ1) is 22.3. The van der Waals surface area contributed by atoms with Gasteiger partial charge in [-0.1, -0.05) is 12.1 Å². The number of aliphatic hydroxyl groups is 1. The second-order valence-electron chi connectivity index (χ2n) is 8.80. The Morgan fingerprint density at radius 3 is 2.71 bits per heavy atom. The molecule has 34 heavy (non-hydrogen) atoms. The van der Waals surface area contributed by atoms with E-state index in [-0.39, 0.29) is 29.7 Å². The highest BCUT2D eigenvalue weighted by Crippen LogP contribution is 2.35. The Bertz CT molecular complexity index is 1210. The highest BCUT2D eigenvalue weighted by atomic mass is 19.1. The number of nitrogens with one attached hydrogen (secondary N) is 1. The number of aromatic nitrogens is 3. The van der Waals surface area contributed by atoms with Crippen molar-refractivity contribution in [3.8, 4) is 0 Å². The van der Waals surface area contributed by atoms with Gasteiger partial charge < -0.3 is 20.2 Å². The summed E-state index contributed by atoms with van der Waals surface area (Å²) in [5, 5.41) is 16.8. The van der Waals surface area contributed by atoms with Gasteiger partial charge in [-0.2, -0.15) is 0 Å². The maximum Gasteiger partial charge on any atom is 0.271 e. The van der Waals surface area contributed by atoms with Gasteiger partial charge in [0.1, 0.15) is 18.2 Å². The first-order valence-electron chi connectivity index (χ1n) is 11.6. The quantitative estimate of drug-likeness (QED) is 0.596. The number of piperidine rings is 1. The van der Waals surface area contributed by atoms with Crippen LogP contribution in [0.15, 0.2) is 42.6 Å². The highest BCUT2D eigenvalue weighted by molar-refractivity contribution is 5.93. The standard InChI is InChI=1S/C24H27FN6O3/c25-17-4-1-3-16(13-17)19-5-2-10-30(19)22-7-6-21-26-14-20(31(21)28-22)24(34)27-18-8-11-29(12-9-18)23(33)15-32/h1,3-4,6-7,13-14,18-19,32H,2,5,8-12,15H2,(H,27,34). The van der Waals surface area contributed by atoms with E-state index in [4.69, 9.17) is 10.2 Å². The summed E-state index contributed by atoms with van der Waals surface area (Å²) in [7, 11) is 0. The van der Waals surface area contributed by atoms with Crippen LogP contribution in [0.3, 0.4) is 0 Å². The van der Waals surface area contributed by atoms with Crippen molar-refractivity contribution in [1.29, 1.82) is 0 Å². The van der Waals surface area contributed by atoms with Gasteiger partial charge in [0.2, 0.25) is 5.91 Å². The van der Waals surface area contributed by atoms with E-state index in [1.54, 1.807) is 21.5 Å². The number of aliphatic hydroxyl groups excluding tert-OH is 1. The van der Waals surface area contributed by atoms with Crippen LogP contribution >= 0.6 is 0 Å². The number of carbonyl (C=O) groups excluding carboxylic acids is 2. The molecular formula is C24H27FN6O3. The van der Waals surface area contributed by atoms with Crippen LogP contribution in [0, 0.1) is 5.82 Å². The molecule has 178 valence electrons. The zero-order valence-corrected chi connectivity index (χ0v) is 18.7. The number of fused-ring (bicyclic) bond motifs is 1. The number of carbonyl (C=O) groups is 2. The van der Waals surface area contributed by atoms with Crippen molar-refractivity contribution in [1.82, 2.24) is 24.8 Å². The van der Waals surface area contributed by atoms with Gasteiger partial charge in [0, 0.05) is 25.7 Å². The van der Waals surface area contributed by atoms with E-state index >= 15 is 0 Å². The van der Waals surface area contributed by atoms with Gasteiger partial charge in [0.05, 0.1) is 12.2 Å². The van der Waals surface area contributed by atoms with Crippen molar-refractivity contribution in [3.63, 3.8) is 0 Å². The summed E-state index contributed by atoms with van der Waals surface area (Å²) in [5.41, 5.74) is 1.82. The first-order valence-corrected chi connectivity index (χ1v) is 11.6. The number of likely N-dealkylation sites (tertiary alicyclic amines) is 1. The van der Waals surface area contributed by atoms with Crippen molar-refractivity contribution in [2.75, 3.05) is 31.1 Å². The Kier molecular flexibility index (Phi) is 6.14. The number of hydrogen-bond donors (Lipinski definition) is 2. The molecule has 3 aromatic rings. The fourth-order valence-corrected chi connectivity index (χ4v) is 4.91. The van der Waals surface area contributed by atoms with Crippen LogP contribution in [0.2, 0.25) is 0 Å². The molecule has 2 fully saturated rings. The molecule has 0 saturated carbocycles. The van der Waals surface area contributed by atoms with Crippen molar-refractivity contribution < 1.29 is 19.1 Å². The Morgan fingerprint density at radius 1 is 1.12 bits per heavy atom. The molecule has 10 heteroatoms. The molecule has 0 spiro atoms. The third kappa shape index (κ3) is 4.33. The monoisotopic (exact) mass is 466 g/mol. The SMILES string of the molecule is O=C(NC1CCN(C(=O)CO)CC1)c1cnc2ccc(N3CCCC3c3cccc(F)c3)nn12. The lowest BCUT2D eigenvalue weighted by molar-refractivity contribution is -0.135. The highest BCUT2D eigenvalue weighted by Gasteiger charge is 2.29. The number of anilines is 1. The summed E-state index contributed by atoms with van der Waals surface area (Å²) < 4.78 is 15.4. The summed E-state index contributed by atoms with van der Waals surface area (Å²) in [6.07, 6.45) is 4.62. The van der Waals surface area contributed by atoms with Crippen LogP contribution in [0.25, 0.3) is 5.65 Å². The van der Waals surface area contributed by atoms with E-state index in [0.717, 1.165) is 24.9 Å². The van der Waals surface area contributed by atoms with Crippen LogP contribution in [0.4, 0.5) is 10.2 Å². The van der Waals surface area contributed by atoms with Gasteiger partial charge in [-0.25, -0.2) is 13.9 Å². The minimum Gasteiger partial charge on any atom is -0.387 e. The second kappa shape index (κ2) is 9.38. The topological polar surface area (TPSA) is 103 Å². The Morgan fingerprint density at radius 2 is 1.94 bits per heavy atom. The number of imidazole rings is 1. The number of hydrogen-bond acceptors (Lipinski definition) is 6. The van der Waals surface area contributed by atoms with Crippen molar-refractivity contribution in [2.24, 2.45) is 0 Å². The lowest BCUT2D eigenvalue weighted by atomic mass is 10.0. The number of rotatable bonds is 5. The Labute approximate surface area is 196 Å². The predicted molar refractivity (Wildman–Crippen MR) is 123 cm³/mol. The van der Waals surface area contributed by atoms with Crippen LogP contribution in [0.1, 0.15) is 47.8 Å². The summed E-state index contributed by atoms with van der Waals surface area (Å²) in [5.74, 6) is -0.107. The summed E-state index contributed by atoms with van der Waals surface area (Å²) >= 11 is 0. The van der Waals surface area contributed by atoms with E-state index in [0.29, 0.717) is 43.1 Å². The third-order valence-corrected chi connectivity index (χ3v) is 6.68. The smallest absolute Gasteiger partial charge is 0.271 e. The molecule has 1 unspecified atom stereocenters. The molecule has 5 rings (SSSR count). The Hall–Kier alpha value is -3.53. The zero-order valence-electron chi connectivity index (χ0n) is 18.7. The summed E-state index contributed by atoms with van der Waals surface area (Å²) in [6, 6.07) is 10.3. The number of amides is 2. The largest absolute Gasteiger partial charge is 0.387 e. The fraction of sp³-hybridized carbons (Fsp3) is 0.417. The fourth-order valence-electron chi connectivity index (χ4n) is 4.91. The van der Waals surface area contributed by atoms with E-state index in [1.807, 2.05) is 18.2 Å². The lowest BCUT2D eigenvalue weighted by Gasteiger charge is -2.32. The summed E-state index contributed by atoms with van der Waals surface area (Å²) in [4.78, 5) is 32.8. The molecular weight excluding hydrogens is 439 g/mol. The van der Waals surface area contributed by atoms with Gasteiger partial charge in [0.15, 0.2) is 11.3 Å². The maximum absolute atomic E-state index is 13.8. The molecule has 4 heterocycles. The van der Waals surface area contributed by atoms with Crippen molar-refractivity contribution in [3.05, 3.63) is 59.7 Å². The molecule has 2 aromatic heterocycles. The van der Waals surface area contributed by atoms with Crippen LogP contribution in [-0.2, 0) is 4.79 Å². The minimum atomic E-state index is -0.496. The maximum atomic E-state index is 13.8. The summed E-state index contributed by atoms with van der Waals surface area (Å²) in [6.45, 7) is 1.29. The van der Waals surface area contributed by atoms with E-state index in [9.17, 15) is 14.0 Å². The zero-order chi connectivity index (χ0) is 23.7. The van der Waals surface area contributed by atoms with Gasteiger partial charge in [0.25, 0.3) is 5.91 Å². The first-order chi connectivity index (χ1) is 16.5. The predicted octanol–water partition coefficient (Wildman–Crippen LogP) is 1.92. The molecule has 9 nitrogen and oxygen atoms in total. The molecule has 1 aromatic carbocycles. The van der Waals surface area contributed by atoms with Crippen LogP contribution < -0.4 is 10.2 Å². The van der Waals surface area contributed by atoms with Gasteiger partial charge >= 0.3 is 0 Å². The normalized spacial score (nSPS) is 19.1. The third-order valence-electron chi connectivity index (χ3n) is 6.68. The van der Waals surface area contributed by atoms with E-state index in [1.165, 1.54) is 12.3 Å². The minimum absolute atomic E-state index is 0.0215. The number of nitrogens with zero attached hydrogens (tertiary/aromatic N) is 5. The average Bonchev–Trinajstić information content (AvgIpc) is 3.51. The molecule has 2 amide bonds. The number of benzene rings is 1. The van der Waals surface area contributed by atoms with Crippen LogP contribution in [-0.4, -0.2) is 68.7 Å². The van der Waals surface area contributed by atoms with Crippen molar-refractivity contribution in [2.45, 2.75) is 37.8 Å². The molecule has 2 aliphatic rings. The van der Waals surface area contributed by atoms with Crippen LogP contribution in [0.5, 0.6) is 0 Å². The van der Waals surface area contributed by atoms with Gasteiger partial charge in [-0.15, -0.1) is 5.10 Å². The molecule has 0 aliphatic carbocycles. The average molecular weight is 467 g/mol. The second-order valence-corrected chi connectivity index (χ2v) is 8.80. The molecule has 2 aliphatic heterocycles. The van der Waals surface area contributed by atoms with E-state index in [2.05, 4.69) is 15.2 Å². The van der Waals surface area contributed by atoms with Crippen molar-refractivity contribution >= 4 is 23.3 Å². The van der Waals surface area contributed by atoms with E-state index < -0.39 is 6.61 Å². The Balaban J connectivity index is 1.33. The molecule has 0 radical (unpaired) electrons. The molecule has 2 N–H and O–H groups in total. The number of halogens is 1. The lowest BCUT2D eigenvalue weighted by Crippen LogP contribution is -2.47. The molecule has 2 saturated heterocycles. The van der Waals surface area contributed by atoms with Gasteiger partial charge in [-0.3, -0.25) is 9.59 Å².